The maximum atomic E-state index is 12.4. The third-order valence-electron chi connectivity index (χ3n) is 4.74. The molecule has 0 N–H and O–H groups in total. The summed E-state index contributed by atoms with van der Waals surface area (Å²) in [5.41, 5.74) is 0.0773. The predicted molar refractivity (Wildman–Crippen MR) is 80.9 cm³/mol. The first-order valence-corrected chi connectivity index (χ1v) is 7.90. The monoisotopic (exact) mass is 308 g/mol. The van der Waals surface area contributed by atoms with Crippen LogP contribution in [0.1, 0.15) is 32.1 Å². The van der Waals surface area contributed by atoms with Crippen LogP contribution in [-0.2, 0) is 0 Å². The van der Waals surface area contributed by atoms with E-state index in [1.54, 1.807) is 12.1 Å². The summed E-state index contributed by atoms with van der Waals surface area (Å²) in [6.07, 6.45) is 5.01. The van der Waals surface area contributed by atoms with Crippen LogP contribution in [0.5, 0.6) is 5.75 Å². The summed E-state index contributed by atoms with van der Waals surface area (Å²) in [6.45, 7) is 0.592. The Morgan fingerprint density at radius 1 is 1.23 bits per heavy atom. The van der Waals surface area contributed by atoms with Gasteiger partial charge in [-0.05, 0) is 44.2 Å². The van der Waals surface area contributed by atoms with Gasteiger partial charge in [0.2, 0.25) is 0 Å². The van der Waals surface area contributed by atoms with Crippen molar-refractivity contribution in [3.8, 4) is 5.75 Å². The van der Waals surface area contributed by atoms with Gasteiger partial charge in [-0.25, -0.2) is 0 Å². The van der Waals surface area contributed by atoms with Crippen LogP contribution < -0.4 is 4.74 Å². The van der Waals surface area contributed by atoms with Crippen LogP contribution in [0.4, 0.5) is 10.1 Å². The summed E-state index contributed by atoms with van der Waals surface area (Å²) < 4.78 is 18.4. The molecule has 0 spiro atoms. The van der Waals surface area contributed by atoms with E-state index < -0.39 is 4.92 Å². The zero-order valence-corrected chi connectivity index (χ0v) is 12.5. The second-order valence-electron chi connectivity index (χ2n) is 6.13. The zero-order valence-electron chi connectivity index (χ0n) is 12.5. The molecule has 1 aromatic rings. The molecule has 2 atom stereocenters. The number of fused-ring (bicyclic) bond motifs is 2. The number of halogens is 1. The highest BCUT2D eigenvalue weighted by molar-refractivity contribution is 5.36. The number of ether oxygens (including phenoxy) is 1. The molecule has 0 aliphatic carbocycles. The van der Waals surface area contributed by atoms with Crippen molar-refractivity contribution in [1.82, 2.24) is 4.90 Å². The lowest BCUT2D eigenvalue weighted by molar-refractivity contribution is -0.384. The fourth-order valence-electron chi connectivity index (χ4n) is 3.77. The Hall–Kier alpha value is -1.69. The van der Waals surface area contributed by atoms with Crippen molar-refractivity contribution in [1.29, 1.82) is 0 Å². The molecule has 6 heteroatoms. The number of nitrogens with zero attached hydrogens (tertiary/aromatic N) is 2. The minimum atomic E-state index is -0.409. The topological polar surface area (TPSA) is 55.6 Å². The molecular weight excluding hydrogens is 287 g/mol. The lowest BCUT2D eigenvalue weighted by Gasteiger charge is -2.38. The molecule has 2 bridgehead atoms. The SMILES string of the molecule is O=[N+]([O-])c1ccc(OC2CC3CCC(C2)N3CCCF)cc1. The van der Waals surface area contributed by atoms with E-state index in [1.807, 2.05) is 0 Å². The number of nitro groups is 1. The maximum absolute atomic E-state index is 12.4. The summed E-state index contributed by atoms with van der Waals surface area (Å²) >= 11 is 0. The quantitative estimate of drug-likeness (QED) is 0.597. The molecule has 5 nitrogen and oxygen atoms in total. The molecule has 0 radical (unpaired) electrons. The van der Waals surface area contributed by atoms with Crippen molar-refractivity contribution >= 4 is 5.69 Å². The lowest BCUT2D eigenvalue weighted by Crippen LogP contribution is -2.46. The molecule has 0 amide bonds. The van der Waals surface area contributed by atoms with Gasteiger partial charge in [0, 0.05) is 30.8 Å². The van der Waals surface area contributed by atoms with Crippen molar-refractivity contribution in [2.24, 2.45) is 0 Å². The number of rotatable bonds is 6. The minimum absolute atomic E-state index is 0.0773. The van der Waals surface area contributed by atoms with Gasteiger partial charge in [-0.2, -0.15) is 0 Å². The van der Waals surface area contributed by atoms with Crippen molar-refractivity contribution in [2.45, 2.75) is 50.3 Å². The number of alkyl halides is 1. The van der Waals surface area contributed by atoms with Crippen LogP contribution >= 0.6 is 0 Å². The van der Waals surface area contributed by atoms with Gasteiger partial charge in [-0.15, -0.1) is 0 Å². The Morgan fingerprint density at radius 3 is 2.41 bits per heavy atom. The minimum Gasteiger partial charge on any atom is -0.490 e. The van der Waals surface area contributed by atoms with Crippen LogP contribution in [0.3, 0.4) is 0 Å². The van der Waals surface area contributed by atoms with Crippen molar-refractivity contribution < 1.29 is 14.1 Å². The fourth-order valence-corrected chi connectivity index (χ4v) is 3.77. The van der Waals surface area contributed by atoms with Crippen molar-refractivity contribution in [3.05, 3.63) is 34.4 Å². The summed E-state index contributed by atoms with van der Waals surface area (Å²) in [4.78, 5) is 12.7. The van der Waals surface area contributed by atoms with Gasteiger partial charge >= 0.3 is 0 Å². The molecule has 2 fully saturated rings. The van der Waals surface area contributed by atoms with E-state index in [0.29, 0.717) is 24.3 Å². The molecular formula is C16H21FN2O3. The van der Waals surface area contributed by atoms with Gasteiger partial charge in [-0.3, -0.25) is 19.4 Å². The summed E-state index contributed by atoms with van der Waals surface area (Å²) in [5.74, 6) is 0.687. The Kier molecular flexibility index (Phi) is 4.57. The number of hydrogen-bond acceptors (Lipinski definition) is 4. The van der Waals surface area contributed by atoms with E-state index in [4.69, 9.17) is 4.74 Å². The standard InChI is InChI=1S/C16H21FN2O3/c17-8-1-9-18-13-2-3-14(18)11-16(10-13)22-15-6-4-12(5-7-15)19(20)21/h4-7,13-14,16H,1-3,8-11H2. The Labute approximate surface area is 129 Å². The molecule has 2 heterocycles. The highest BCUT2D eigenvalue weighted by Gasteiger charge is 2.41. The van der Waals surface area contributed by atoms with Crippen LogP contribution in [0.25, 0.3) is 0 Å². The molecule has 0 aromatic heterocycles. The number of piperidine rings is 1. The first-order valence-electron chi connectivity index (χ1n) is 7.90. The van der Waals surface area contributed by atoms with E-state index in [1.165, 1.54) is 12.1 Å². The lowest BCUT2D eigenvalue weighted by atomic mass is 9.99. The summed E-state index contributed by atoms with van der Waals surface area (Å²) in [5, 5.41) is 10.7. The highest BCUT2D eigenvalue weighted by Crippen LogP contribution is 2.37. The molecule has 2 saturated heterocycles. The summed E-state index contributed by atoms with van der Waals surface area (Å²) in [6, 6.07) is 7.26. The average Bonchev–Trinajstić information content (AvgIpc) is 2.75. The first-order chi connectivity index (χ1) is 10.7. The Morgan fingerprint density at radius 2 is 1.86 bits per heavy atom. The van der Waals surface area contributed by atoms with Gasteiger partial charge in [0.15, 0.2) is 0 Å². The molecule has 2 aliphatic heterocycles. The molecule has 22 heavy (non-hydrogen) atoms. The molecule has 0 saturated carbocycles. The first kappa shape index (κ1) is 15.2. The predicted octanol–water partition coefficient (Wildman–Crippen LogP) is 3.33. The normalized spacial score (nSPS) is 27.8. The molecule has 2 aliphatic rings. The summed E-state index contributed by atoms with van der Waals surface area (Å²) in [7, 11) is 0. The van der Waals surface area contributed by atoms with Gasteiger partial charge in [0.25, 0.3) is 5.69 Å². The zero-order chi connectivity index (χ0) is 15.5. The van der Waals surface area contributed by atoms with E-state index in [-0.39, 0.29) is 18.5 Å². The van der Waals surface area contributed by atoms with Gasteiger partial charge < -0.3 is 4.74 Å². The smallest absolute Gasteiger partial charge is 0.269 e. The van der Waals surface area contributed by atoms with E-state index in [2.05, 4.69) is 4.90 Å². The van der Waals surface area contributed by atoms with Crippen LogP contribution in [-0.4, -0.2) is 41.2 Å². The fraction of sp³-hybridized carbons (Fsp3) is 0.625. The third kappa shape index (κ3) is 3.21. The third-order valence-corrected chi connectivity index (χ3v) is 4.74. The number of benzene rings is 1. The van der Waals surface area contributed by atoms with Crippen LogP contribution in [0.15, 0.2) is 24.3 Å². The second kappa shape index (κ2) is 6.60. The largest absolute Gasteiger partial charge is 0.490 e. The van der Waals surface area contributed by atoms with Crippen LogP contribution in [0, 0.1) is 10.1 Å². The number of nitro benzene ring substituents is 1. The van der Waals surface area contributed by atoms with Gasteiger partial charge in [0.05, 0.1) is 11.6 Å². The average molecular weight is 308 g/mol. The Balaban J connectivity index is 1.58. The van der Waals surface area contributed by atoms with Crippen LogP contribution in [0.2, 0.25) is 0 Å². The van der Waals surface area contributed by atoms with Gasteiger partial charge in [-0.1, -0.05) is 0 Å². The molecule has 1 aromatic carbocycles. The molecule has 3 rings (SSSR count). The van der Waals surface area contributed by atoms with Gasteiger partial charge in [0.1, 0.15) is 11.9 Å². The number of hydrogen-bond donors (Lipinski definition) is 0. The second-order valence-corrected chi connectivity index (χ2v) is 6.13. The van der Waals surface area contributed by atoms with Crippen molar-refractivity contribution in [2.75, 3.05) is 13.2 Å². The van der Waals surface area contributed by atoms with E-state index >= 15 is 0 Å². The highest BCUT2D eigenvalue weighted by atomic mass is 19.1. The molecule has 2 unspecified atom stereocenters. The molecule has 120 valence electrons. The Bertz CT molecular complexity index is 509. The number of non-ortho nitro benzene ring substituents is 1. The van der Waals surface area contributed by atoms with Crippen molar-refractivity contribution in [3.63, 3.8) is 0 Å². The van der Waals surface area contributed by atoms with E-state index in [0.717, 1.165) is 32.2 Å². The van der Waals surface area contributed by atoms with E-state index in [9.17, 15) is 14.5 Å². The maximum Gasteiger partial charge on any atom is 0.269 e.